The average molecular weight is 270 g/mol. The van der Waals surface area contributed by atoms with Crippen LogP contribution in [0.2, 0.25) is 0 Å². The van der Waals surface area contributed by atoms with Gasteiger partial charge in [-0.3, -0.25) is 4.21 Å². The molecule has 2 aromatic rings. The normalized spacial score (nSPS) is 12.6. The van der Waals surface area contributed by atoms with Gasteiger partial charge in [-0.2, -0.15) is 0 Å². The summed E-state index contributed by atoms with van der Waals surface area (Å²) in [6.45, 7) is 1.87. The molecule has 1 aromatic heterocycles. The summed E-state index contributed by atoms with van der Waals surface area (Å²) in [5.41, 5.74) is 6.92. The number of thiazole rings is 1. The summed E-state index contributed by atoms with van der Waals surface area (Å²) in [7, 11) is -1.36. The molecule has 1 aromatic carbocycles. The van der Waals surface area contributed by atoms with Gasteiger partial charge in [-0.05, 0) is 25.1 Å². The Morgan fingerprint density at radius 3 is 2.94 bits per heavy atom. The van der Waals surface area contributed by atoms with E-state index in [1.807, 2.05) is 12.3 Å². The molecule has 0 spiro atoms. The van der Waals surface area contributed by atoms with Gasteiger partial charge in [0.15, 0.2) is 0 Å². The second kappa shape index (κ2) is 4.93. The molecule has 2 rings (SSSR count). The van der Waals surface area contributed by atoms with Crippen molar-refractivity contribution in [3.63, 3.8) is 0 Å². The predicted molar refractivity (Wildman–Crippen MR) is 67.8 cm³/mol. The maximum atomic E-state index is 13.0. The number of hydrogen-bond donors (Lipinski definition) is 1. The number of nitrogen functional groups attached to an aromatic ring is 1. The van der Waals surface area contributed by atoms with Crippen LogP contribution in [-0.4, -0.2) is 9.19 Å². The van der Waals surface area contributed by atoms with Crippen molar-refractivity contribution in [1.29, 1.82) is 0 Å². The largest absolute Gasteiger partial charge is 0.398 e. The molecule has 0 fully saturated rings. The lowest BCUT2D eigenvalue weighted by Crippen LogP contribution is -2.01. The predicted octanol–water partition coefficient (Wildman–Crippen LogP) is 2.48. The number of rotatable bonds is 3. The van der Waals surface area contributed by atoms with E-state index in [0.29, 0.717) is 10.6 Å². The molecule has 0 aliphatic carbocycles. The molecule has 0 aliphatic heterocycles. The van der Waals surface area contributed by atoms with Crippen LogP contribution in [0.1, 0.15) is 10.7 Å². The monoisotopic (exact) mass is 270 g/mol. The van der Waals surface area contributed by atoms with Crippen molar-refractivity contribution in [2.75, 3.05) is 5.73 Å². The van der Waals surface area contributed by atoms with Crippen LogP contribution in [0.15, 0.2) is 28.5 Å². The summed E-state index contributed by atoms with van der Waals surface area (Å²) < 4.78 is 25.1. The molecule has 0 saturated heterocycles. The Balaban J connectivity index is 2.22. The maximum Gasteiger partial charge on any atom is 0.124 e. The van der Waals surface area contributed by atoms with Crippen molar-refractivity contribution in [3.8, 4) is 0 Å². The van der Waals surface area contributed by atoms with Crippen molar-refractivity contribution in [3.05, 3.63) is 40.1 Å². The van der Waals surface area contributed by atoms with Gasteiger partial charge in [0.25, 0.3) is 0 Å². The molecule has 1 atom stereocenters. The fraction of sp³-hybridized carbons (Fsp3) is 0.182. The highest BCUT2D eigenvalue weighted by Gasteiger charge is 2.12. The summed E-state index contributed by atoms with van der Waals surface area (Å²) in [6.07, 6.45) is 0. The lowest BCUT2D eigenvalue weighted by atomic mass is 10.3. The highest BCUT2D eigenvalue weighted by atomic mass is 32.2. The smallest absolute Gasteiger partial charge is 0.124 e. The minimum Gasteiger partial charge on any atom is -0.398 e. The van der Waals surface area contributed by atoms with Gasteiger partial charge in [-0.1, -0.05) is 0 Å². The molecule has 17 heavy (non-hydrogen) atoms. The van der Waals surface area contributed by atoms with Gasteiger partial charge >= 0.3 is 0 Å². The van der Waals surface area contributed by atoms with Gasteiger partial charge in [0.1, 0.15) is 10.8 Å². The standard InChI is InChI=1S/C11H11FN2OS2/c1-7-5-16-11(14-7)6-17(15)10-4-8(12)2-3-9(10)13/h2-5H,6,13H2,1H3. The first-order valence-electron chi connectivity index (χ1n) is 4.90. The summed E-state index contributed by atoms with van der Waals surface area (Å²) >= 11 is 1.44. The SMILES string of the molecule is Cc1csc(CS(=O)c2cc(F)ccc2N)n1. The molecule has 0 bridgehead atoms. The molecule has 1 unspecified atom stereocenters. The Kier molecular flexibility index (Phi) is 3.54. The van der Waals surface area contributed by atoms with Crippen LogP contribution in [0.25, 0.3) is 0 Å². The molecule has 2 N–H and O–H groups in total. The Morgan fingerprint density at radius 1 is 1.53 bits per heavy atom. The lowest BCUT2D eigenvalue weighted by molar-refractivity contribution is 0.623. The van der Waals surface area contributed by atoms with E-state index < -0.39 is 16.6 Å². The quantitative estimate of drug-likeness (QED) is 0.872. The third-order valence-electron chi connectivity index (χ3n) is 2.14. The highest BCUT2D eigenvalue weighted by Crippen LogP contribution is 2.21. The van der Waals surface area contributed by atoms with Crippen LogP contribution in [0, 0.1) is 12.7 Å². The zero-order valence-electron chi connectivity index (χ0n) is 9.14. The summed E-state index contributed by atoms with van der Waals surface area (Å²) in [5.74, 6) is -0.163. The molecule has 0 amide bonds. The molecule has 0 radical (unpaired) electrons. The van der Waals surface area contributed by atoms with Crippen molar-refractivity contribution in [1.82, 2.24) is 4.98 Å². The first-order valence-corrected chi connectivity index (χ1v) is 7.10. The van der Waals surface area contributed by atoms with E-state index >= 15 is 0 Å². The number of halogens is 1. The first-order chi connectivity index (χ1) is 8.06. The molecule has 0 aliphatic rings. The van der Waals surface area contributed by atoms with E-state index in [9.17, 15) is 8.60 Å². The zero-order valence-corrected chi connectivity index (χ0v) is 10.8. The van der Waals surface area contributed by atoms with E-state index in [0.717, 1.165) is 10.7 Å². The molecule has 1 heterocycles. The van der Waals surface area contributed by atoms with Gasteiger partial charge in [0.2, 0.25) is 0 Å². The average Bonchev–Trinajstić information content (AvgIpc) is 2.67. The van der Waals surface area contributed by atoms with Crippen LogP contribution in [-0.2, 0) is 16.6 Å². The topological polar surface area (TPSA) is 56.0 Å². The van der Waals surface area contributed by atoms with Gasteiger partial charge in [0, 0.05) is 16.8 Å². The van der Waals surface area contributed by atoms with E-state index in [1.54, 1.807) is 0 Å². The summed E-state index contributed by atoms with van der Waals surface area (Å²) in [6, 6.07) is 3.89. The van der Waals surface area contributed by atoms with Crippen molar-refractivity contribution < 1.29 is 8.60 Å². The first kappa shape index (κ1) is 12.2. The minimum absolute atomic E-state index is 0.270. The number of nitrogens with two attached hydrogens (primary N) is 1. The fourth-order valence-corrected chi connectivity index (χ4v) is 3.53. The van der Waals surface area contributed by atoms with E-state index in [4.69, 9.17) is 5.73 Å². The third-order valence-corrected chi connectivity index (χ3v) is 4.67. The van der Waals surface area contributed by atoms with E-state index in [2.05, 4.69) is 4.98 Å². The summed E-state index contributed by atoms with van der Waals surface area (Å²) in [4.78, 5) is 4.55. The zero-order chi connectivity index (χ0) is 12.4. The number of nitrogens with zero attached hydrogens (tertiary/aromatic N) is 1. The van der Waals surface area contributed by atoms with Crippen LogP contribution in [0.4, 0.5) is 10.1 Å². The number of aromatic nitrogens is 1. The molecule has 3 nitrogen and oxygen atoms in total. The fourth-order valence-electron chi connectivity index (χ4n) is 1.36. The van der Waals surface area contributed by atoms with Crippen LogP contribution >= 0.6 is 11.3 Å². The summed E-state index contributed by atoms with van der Waals surface area (Å²) in [5, 5.41) is 2.66. The molecule has 90 valence electrons. The van der Waals surface area contributed by atoms with Crippen molar-refractivity contribution in [2.45, 2.75) is 17.6 Å². The van der Waals surface area contributed by atoms with Crippen LogP contribution in [0.3, 0.4) is 0 Å². The second-order valence-corrected chi connectivity index (χ2v) is 5.92. The van der Waals surface area contributed by atoms with Crippen molar-refractivity contribution >= 4 is 27.8 Å². The van der Waals surface area contributed by atoms with Gasteiger partial charge in [-0.15, -0.1) is 11.3 Å². The van der Waals surface area contributed by atoms with Gasteiger partial charge < -0.3 is 5.73 Å². The second-order valence-electron chi connectivity index (χ2n) is 3.55. The third kappa shape index (κ3) is 2.89. The van der Waals surface area contributed by atoms with Crippen LogP contribution in [0.5, 0.6) is 0 Å². The Labute approximate surface area is 105 Å². The van der Waals surface area contributed by atoms with Crippen molar-refractivity contribution in [2.24, 2.45) is 0 Å². The highest BCUT2D eigenvalue weighted by molar-refractivity contribution is 7.84. The lowest BCUT2D eigenvalue weighted by Gasteiger charge is -2.04. The maximum absolute atomic E-state index is 13.0. The minimum atomic E-state index is -1.36. The number of hydrogen-bond acceptors (Lipinski definition) is 4. The molecular weight excluding hydrogens is 259 g/mol. The number of anilines is 1. The Morgan fingerprint density at radius 2 is 2.29 bits per heavy atom. The number of benzene rings is 1. The Hall–Kier alpha value is -1.27. The Bertz CT molecular complexity index is 568. The van der Waals surface area contributed by atoms with Crippen LogP contribution < -0.4 is 5.73 Å². The molecular formula is C11H11FN2OS2. The number of aryl methyl sites for hydroxylation is 1. The van der Waals surface area contributed by atoms with E-state index in [1.165, 1.54) is 29.5 Å². The molecule has 6 heteroatoms. The van der Waals surface area contributed by atoms with Gasteiger partial charge in [-0.25, -0.2) is 9.37 Å². The van der Waals surface area contributed by atoms with Gasteiger partial charge in [0.05, 0.1) is 21.4 Å². The van der Waals surface area contributed by atoms with E-state index in [-0.39, 0.29) is 5.75 Å². The molecule has 0 saturated carbocycles.